The highest BCUT2D eigenvalue weighted by molar-refractivity contribution is 8.33. The standard InChI is InChI=1S/C18H22ClNS.ClH/c1-15-6-5-9-17(19)18(15)21(12-10-20-11-13-21)14-16-7-3-2-4-8-16;/h2-9,20H,10-14H2,1H3;1H. The average Bonchev–Trinajstić information content (AvgIpc) is 2.49. The van der Waals surface area contributed by atoms with E-state index in [4.69, 9.17) is 11.6 Å². The van der Waals surface area contributed by atoms with Crippen molar-refractivity contribution in [3.63, 3.8) is 0 Å². The van der Waals surface area contributed by atoms with E-state index in [0.29, 0.717) is 0 Å². The maximum atomic E-state index is 6.62. The Morgan fingerprint density at radius 2 is 1.68 bits per heavy atom. The van der Waals surface area contributed by atoms with Gasteiger partial charge in [-0.3, -0.25) is 0 Å². The summed E-state index contributed by atoms with van der Waals surface area (Å²) in [6.07, 6.45) is 0. The highest BCUT2D eigenvalue weighted by atomic mass is 35.5. The van der Waals surface area contributed by atoms with Gasteiger partial charge in [-0.2, -0.15) is 0 Å². The fourth-order valence-corrected chi connectivity index (χ4v) is 8.13. The van der Waals surface area contributed by atoms with Crippen molar-refractivity contribution in [1.82, 2.24) is 5.32 Å². The molecule has 2 aromatic rings. The number of aryl methyl sites for hydroxylation is 1. The molecule has 1 fully saturated rings. The van der Waals surface area contributed by atoms with Crippen LogP contribution in [0, 0.1) is 6.92 Å². The average molecular weight is 356 g/mol. The van der Waals surface area contributed by atoms with Gasteiger partial charge in [0.2, 0.25) is 0 Å². The van der Waals surface area contributed by atoms with Crippen LogP contribution < -0.4 is 5.32 Å². The highest BCUT2D eigenvalue weighted by Crippen LogP contribution is 2.61. The second-order valence-corrected chi connectivity index (χ2v) is 9.73. The number of halogens is 2. The predicted molar refractivity (Wildman–Crippen MR) is 102 cm³/mol. The molecule has 120 valence electrons. The van der Waals surface area contributed by atoms with Gasteiger partial charge in [0.25, 0.3) is 0 Å². The van der Waals surface area contributed by atoms with Crippen LogP contribution in [0.1, 0.15) is 11.1 Å². The molecule has 2 aromatic carbocycles. The summed E-state index contributed by atoms with van der Waals surface area (Å²) in [5, 5.41) is 4.47. The van der Waals surface area contributed by atoms with E-state index >= 15 is 0 Å². The van der Waals surface area contributed by atoms with Crippen molar-refractivity contribution < 1.29 is 0 Å². The van der Waals surface area contributed by atoms with E-state index in [-0.39, 0.29) is 12.4 Å². The minimum Gasteiger partial charge on any atom is -0.315 e. The molecule has 0 unspecified atom stereocenters. The van der Waals surface area contributed by atoms with Gasteiger partial charge in [-0.15, -0.1) is 12.4 Å². The van der Waals surface area contributed by atoms with Crippen LogP contribution in [0.4, 0.5) is 0 Å². The van der Waals surface area contributed by atoms with E-state index < -0.39 is 10.0 Å². The fourth-order valence-electron chi connectivity index (χ4n) is 3.24. The molecule has 1 saturated heterocycles. The van der Waals surface area contributed by atoms with Gasteiger partial charge in [0.05, 0.1) is 5.02 Å². The molecule has 0 atom stereocenters. The Bertz CT molecular complexity index is 589. The van der Waals surface area contributed by atoms with Crippen molar-refractivity contribution in [2.45, 2.75) is 17.6 Å². The van der Waals surface area contributed by atoms with E-state index in [9.17, 15) is 0 Å². The van der Waals surface area contributed by atoms with Gasteiger partial charge in [-0.05, 0) is 35.6 Å². The first-order chi connectivity index (χ1) is 10.2. The minimum atomic E-state index is -0.885. The quantitative estimate of drug-likeness (QED) is 0.813. The molecule has 0 saturated carbocycles. The molecule has 4 heteroatoms. The SMILES string of the molecule is Cc1cccc(Cl)c1S1(Cc2ccccc2)CCNCC1.Cl. The number of hydrogen-bond acceptors (Lipinski definition) is 1. The molecular formula is C18H23Cl2NS. The molecule has 0 aliphatic carbocycles. The van der Waals surface area contributed by atoms with Gasteiger partial charge in [0.15, 0.2) is 0 Å². The largest absolute Gasteiger partial charge is 0.315 e. The highest BCUT2D eigenvalue weighted by Gasteiger charge is 2.31. The number of rotatable bonds is 3. The molecular weight excluding hydrogens is 333 g/mol. The third kappa shape index (κ3) is 3.62. The van der Waals surface area contributed by atoms with Gasteiger partial charge in [0, 0.05) is 23.7 Å². The van der Waals surface area contributed by atoms with Gasteiger partial charge < -0.3 is 5.32 Å². The second kappa shape index (κ2) is 7.74. The Balaban J connectivity index is 0.00000176. The van der Waals surface area contributed by atoms with Crippen molar-refractivity contribution in [1.29, 1.82) is 0 Å². The summed E-state index contributed by atoms with van der Waals surface area (Å²) < 4.78 is 0. The lowest BCUT2D eigenvalue weighted by atomic mass is 10.2. The maximum absolute atomic E-state index is 6.62. The van der Waals surface area contributed by atoms with Crippen LogP contribution in [-0.2, 0) is 5.75 Å². The lowest BCUT2D eigenvalue weighted by molar-refractivity contribution is 0.743. The van der Waals surface area contributed by atoms with Crippen molar-refractivity contribution >= 4 is 34.0 Å². The molecule has 1 nitrogen and oxygen atoms in total. The van der Waals surface area contributed by atoms with Crippen molar-refractivity contribution in [3.8, 4) is 0 Å². The Morgan fingerprint density at radius 1 is 1.00 bits per heavy atom. The lowest BCUT2D eigenvalue weighted by Crippen LogP contribution is -2.35. The third-order valence-electron chi connectivity index (χ3n) is 4.22. The van der Waals surface area contributed by atoms with E-state index in [2.05, 4.69) is 60.8 Å². The zero-order chi connectivity index (χ0) is 14.7. The molecule has 0 amide bonds. The van der Waals surface area contributed by atoms with E-state index in [1.807, 2.05) is 0 Å². The lowest BCUT2D eigenvalue weighted by Gasteiger charge is -2.45. The molecule has 3 rings (SSSR count). The summed E-state index contributed by atoms with van der Waals surface area (Å²) in [6, 6.07) is 17.2. The topological polar surface area (TPSA) is 12.0 Å². The van der Waals surface area contributed by atoms with Crippen molar-refractivity contribution in [2.75, 3.05) is 24.6 Å². The van der Waals surface area contributed by atoms with Crippen molar-refractivity contribution in [2.24, 2.45) is 0 Å². The zero-order valence-corrected chi connectivity index (χ0v) is 15.2. The third-order valence-corrected chi connectivity index (χ3v) is 8.91. The number of nitrogens with one attached hydrogen (secondary N) is 1. The Labute approximate surface area is 146 Å². The fraction of sp³-hybridized carbons (Fsp3) is 0.333. The second-order valence-electron chi connectivity index (χ2n) is 5.72. The van der Waals surface area contributed by atoms with Crippen LogP contribution in [0.15, 0.2) is 53.4 Å². The normalized spacial score (nSPS) is 18.3. The summed E-state index contributed by atoms with van der Waals surface area (Å²) in [7, 11) is -0.885. The summed E-state index contributed by atoms with van der Waals surface area (Å²) in [5.41, 5.74) is 2.80. The zero-order valence-electron chi connectivity index (χ0n) is 12.8. The summed E-state index contributed by atoms with van der Waals surface area (Å²) >= 11 is 6.62. The molecule has 0 spiro atoms. The molecule has 0 bridgehead atoms. The Kier molecular flexibility index (Phi) is 6.22. The molecule has 1 aliphatic rings. The van der Waals surface area contributed by atoms with Crippen LogP contribution in [0.3, 0.4) is 0 Å². The summed E-state index contributed by atoms with van der Waals surface area (Å²) in [6.45, 7) is 4.42. The molecule has 0 aromatic heterocycles. The Morgan fingerprint density at radius 3 is 2.32 bits per heavy atom. The molecule has 1 aliphatic heterocycles. The van der Waals surface area contributed by atoms with Crippen LogP contribution in [0.5, 0.6) is 0 Å². The van der Waals surface area contributed by atoms with Gasteiger partial charge in [-0.25, -0.2) is 10.0 Å². The van der Waals surface area contributed by atoms with Gasteiger partial charge in [-0.1, -0.05) is 54.1 Å². The first-order valence-electron chi connectivity index (χ1n) is 7.47. The molecule has 1 N–H and O–H groups in total. The van der Waals surface area contributed by atoms with Gasteiger partial charge >= 0.3 is 0 Å². The van der Waals surface area contributed by atoms with Crippen LogP contribution >= 0.6 is 34.0 Å². The maximum Gasteiger partial charge on any atom is 0.0529 e. The van der Waals surface area contributed by atoms with Crippen molar-refractivity contribution in [3.05, 3.63) is 64.7 Å². The number of hydrogen-bond donors (Lipinski definition) is 1. The smallest absolute Gasteiger partial charge is 0.0529 e. The minimum absolute atomic E-state index is 0. The van der Waals surface area contributed by atoms with Crippen LogP contribution in [0.25, 0.3) is 0 Å². The summed E-state index contributed by atoms with van der Waals surface area (Å²) in [4.78, 5) is 1.44. The molecule has 0 radical (unpaired) electrons. The van der Waals surface area contributed by atoms with E-state index in [0.717, 1.165) is 23.9 Å². The number of benzene rings is 2. The van der Waals surface area contributed by atoms with E-state index in [1.165, 1.54) is 27.5 Å². The van der Waals surface area contributed by atoms with Gasteiger partial charge in [0.1, 0.15) is 0 Å². The predicted octanol–water partition coefficient (Wildman–Crippen LogP) is 5.04. The van der Waals surface area contributed by atoms with Crippen LogP contribution in [-0.4, -0.2) is 24.6 Å². The first-order valence-corrected chi connectivity index (χ1v) is 9.99. The van der Waals surface area contributed by atoms with Crippen LogP contribution in [0.2, 0.25) is 5.02 Å². The summed E-state index contributed by atoms with van der Waals surface area (Å²) in [5.74, 6) is 3.61. The molecule has 1 heterocycles. The Hall–Kier alpha value is -0.670. The van der Waals surface area contributed by atoms with E-state index in [1.54, 1.807) is 0 Å². The monoisotopic (exact) mass is 355 g/mol. The first kappa shape index (κ1) is 17.7. The molecule has 22 heavy (non-hydrogen) atoms.